The minimum atomic E-state index is -4.37. The third kappa shape index (κ3) is 17.4. The second-order valence-electron chi connectivity index (χ2n) is 9.53. The third-order valence-electron chi connectivity index (χ3n) is 5.70. The molecule has 1 atom stereocenters. The summed E-state index contributed by atoms with van der Waals surface area (Å²) in [7, 11) is 0. The number of nitrogens with zero attached hydrogens (tertiary/aromatic N) is 2. The summed E-state index contributed by atoms with van der Waals surface area (Å²) in [4.78, 5) is 8.32. The molecule has 0 saturated carbocycles. The van der Waals surface area contributed by atoms with Crippen molar-refractivity contribution in [3.8, 4) is 0 Å². The van der Waals surface area contributed by atoms with Crippen LogP contribution in [0.1, 0.15) is 105 Å². The van der Waals surface area contributed by atoms with Gasteiger partial charge in [0.2, 0.25) is 0 Å². The van der Waals surface area contributed by atoms with Gasteiger partial charge in [0.25, 0.3) is 0 Å². The van der Waals surface area contributed by atoms with Gasteiger partial charge < -0.3 is 15.8 Å². The molecule has 0 fully saturated rings. The zero-order valence-electron chi connectivity index (χ0n) is 23.1. The first-order valence-electron chi connectivity index (χ1n) is 12.6. The molecule has 1 aliphatic heterocycles. The second kappa shape index (κ2) is 19.0. The fraction of sp³-hybridized carbons (Fsp3) is 0.643. The third-order valence-corrected chi connectivity index (χ3v) is 5.70. The smallest absolute Gasteiger partial charge is 0.381 e. The Morgan fingerprint density at radius 2 is 1.72 bits per heavy atom. The van der Waals surface area contributed by atoms with Crippen LogP contribution in [0.3, 0.4) is 0 Å². The van der Waals surface area contributed by atoms with Gasteiger partial charge in [0, 0.05) is 42.5 Å². The fourth-order valence-electron chi connectivity index (χ4n) is 2.79. The molecule has 3 N–H and O–H groups in total. The summed E-state index contributed by atoms with van der Waals surface area (Å²) in [6.45, 7) is 14.5. The van der Waals surface area contributed by atoms with E-state index in [9.17, 15) is 13.2 Å². The van der Waals surface area contributed by atoms with E-state index in [0.717, 1.165) is 24.5 Å². The molecule has 1 aromatic carbocycles. The van der Waals surface area contributed by atoms with E-state index in [4.69, 9.17) is 10.8 Å². The molecule has 0 spiro atoms. The molecular weight excluding hydrogens is 689 g/mol. The van der Waals surface area contributed by atoms with Crippen molar-refractivity contribution < 1.29 is 49.4 Å². The van der Waals surface area contributed by atoms with E-state index in [2.05, 4.69) is 36.8 Å². The molecule has 0 aliphatic carbocycles. The average Bonchev–Trinajstić information content (AvgIpc) is 2.96. The topological polar surface area (TPSA) is 71.0 Å². The van der Waals surface area contributed by atoms with Crippen LogP contribution in [0.4, 0.5) is 13.2 Å². The average molecular weight is 735 g/mol. The molecule has 2 rings (SSSR count). The first kappa shape index (κ1) is 37.1. The molecule has 1 heterocycles. The molecule has 1 aliphatic rings. The first-order chi connectivity index (χ1) is 16.2. The van der Waals surface area contributed by atoms with Crippen LogP contribution in [0, 0.1) is 43.1 Å². The molecule has 4 nitrogen and oxygen atoms in total. The molecular formula is C28H45F3N3OU-. The van der Waals surface area contributed by atoms with Gasteiger partial charge in [0.05, 0.1) is 12.1 Å². The largest absolute Gasteiger partial charge is 0.390 e. The number of benzene rings is 1. The van der Waals surface area contributed by atoms with Crippen molar-refractivity contribution in [3.05, 3.63) is 47.3 Å². The molecule has 0 saturated heterocycles. The van der Waals surface area contributed by atoms with E-state index in [-0.39, 0.29) is 31.1 Å². The predicted octanol–water partition coefficient (Wildman–Crippen LogP) is 7.74. The number of hydrogen-bond donors (Lipinski definition) is 2. The Morgan fingerprint density at radius 1 is 1.11 bits per heavy atom. The van der Waals surface area contributed by atoms with Crippen molar-refractivity contribution in [2.45, 2.75) is 105 Å². The van der Waals surface area contributed by atoms with E-state index in [1.54, 1.807) is 26.8 Å². The Kier molecular flexibility index (Phi) is 19.6. The van der Waals surface area contributed by atoms with E-state index < -0.39 is 17.3 Å². The Morgan fingerprint density at radius 3 is 2.17 bits per heavy atom. The maximum Gasteiger partial charge on any atom is 0.381 e. The van der Waals surface area contributed by atoms with Crippen molar-refractivity contribution in [1.29, 1.82) is 0 Å². The van der Waals surface area contributed by atoms with Crippen LogP contribution in [0.15, 0.2) is 40.1 Å². The standard InChI is InChI=1S/C13H11F3N3.C10H22.C5H12O.U/c1-8-12(18-7-6-11(17)19-8)9-2-4-10(5-3-9)13(14,15)16;1-4-6-7-8-9-10(3)5-2;1-4-5(2,3)6;/h2,4-6H,7,17H2,1H3;10H,4-9H2,1-3H3;6H,4H2,1-3H3;/q-1;;;/t;10-;;/m.1../s1. The number of unbranched alkanes of at least 4 members (excludes halogenated alkanes) is 3. The molecule has 204 valence electrons. The molecule has 36 heavy (non-hydrogen) atoms. The minimum Gasteiger partial charge on any atom is -0.390 e. The van der Waals surface area contributed by atoms with E-state index in [1.807, 2.05) is 6.92 Å². The van der Waals surface area contributed by atoms with Crippen LogP contribution in [0.25, 0.3) is 0 Å². The SMILES string of the molecule is CC1=NC(N)=CCN=C1c1[c-]cc(C(F)(F)F)cc1.CCC(C)(C)O.CCCCCC[C@H](C)CC.[U]. The Hall–Kier alpha value is -1.10. The van der Waals surface area contributed by atoms with Crippen molar-refractivity contribution in [3.63, 3.8) is 0 Å². The number of hydrogen-bond acceptors (Lipinski definition) is 4. The number of rotatable bonds is 8. The predicted molar refractivity (Wildman–Crippen MR) is 142 cm³/mol. The summed E-state index contributed by atoms with van der Waals surface area (Å²) in [5.41, 5.74) is 5.92. The maximum absolute atomic E-state index is 12.5. The summed E-state index contributed by atoms with van der Waals surface area (Å²) in [6.07, 6.45) is 6.58. The Bertz CT molecular complexity index is 811. The Labute approximate surface area is 240 Å². The van der Waals surface area contributed by atoms with Gasteiger partial charge in [0.15, 0.2) is 0 Å². The summed E-state index contributed by atoms with van der Waals surface area (Å²) >= 11 is 0. The first-order valence-corrected chi connectivity index (χ1v) is 12.6. The summed E-state index contributed by atoms with van der Waals surface area (Å²) < 4.78 is 37.4. The van der Waals surface area contributed by atoms with Gasteiger partial charge in [-0.15, -0.1) is 29.8 Å². The number of nitrogens with two attached hydrogens (primary N) is 1. The normalized spacial score (nSPS) is 14.4. The summed E-state index contributed by atoms with van der Waals surface area (Å²) in [6, 6.07) is 5.84. The van der Waals surface area contributed by atoms with E-state index >= 15 is 0 Å². The van der Waals surface area contributed by atoms with Crippen LogP contribution in [0.5, 0.6) is 0 Å². The van der Waals surface area contributed by atoms with Gasteiger partial charge in [-0.3, -0.25) is 0 Å². The van der Waals surface area contributed by atoms with Crippen molar-refractivity contribution >= 4 is 11.4 Å². The second-order valence-corrected chi connectivity index (χ2v) is 9.53. The van der Waals surface area contributed by atoms with E-state index in [0.29, 0.717) is 29.4 Å². The van der Waals surface area contributed by atoms with Gasteiger partial charge in [-0.05, 0) is 44.7 Å². The molecule has 8 heteroatoms. The summed E-state index contributed by atoms with van der Waals surface area (Å²) in [5, 5.41) is 8.83. The van der Waals surface area contributed by atoms with Gasteiger partial charge in [-0.2, -0.15) is 13.2 Å². The van der Waals surface area contributed by atoms with Crippen LogP contribution in [-0.2, 0) is 6.18 Å². The van der Waals surface area contributed by atoms with Gasteiger partial charge in [0.1, 0.15) is 5.82 Å². The molecule has 0 bridgehead atoms. The van der Waals surface area contributed by atoms with Crippen molar-refractivity contribution in [2.24, 2.45) is 21.6 Å². The quantitative estimate of drug-likeness (QED) is 0.212. The zero-order chi connectivity index (χ0) is 27.1. The van der Waals surface area contributed by atoms with Crippen LogP contribution >= 0.6 is 0 Å². The number of aliphatic imine (C=N–C) groups is 2. The molecule has 0 unspecified atom stereocenters. The maximum atomic E-state index is 12.5. The van der Waals surface area contributed by atoms with Crippen LogP contribution in [0.2, 0.25) is 0 Å². The fourth-order valence-corrected chi connectivity index (χ4v) is 2.79. The van der Waals surface area contributed by atoms with Gasteiger partial charge in [-0.1, -0.05) is 66.2 Å². The number of halogens is 3. The van der Waals surface area contributed by atoms with Crippen molar-refractivity contribution in [2.75, 3.05) is 6.54 Å². The Balaban J connectivity index is 0. The number of alkyl halides is 3. The van der Waals surface area contributed by atoms with E-state index in [1.165, 1.54) is 44.6 Å². The zero-order valence-corrected chi connectivity index (χ0v) is 27.3. The van der Waals surface area contributed by atoms with Crippen LogP contribution < -0.4 is 5.73 Å². The molecule has 0 radical (unpaired) electrons. The monoisotopic (exact) mass is 734 g/mol. The molecule has 0 aromatic heterocycles. The van der Waals surface area contributed by atoms with Gasteiger partial charge in [-0.25, -0.2) is 4.99 Å². The molecule has 0 amide bonds. The van der Waals surface area contributed by atoms with Gasteiger partial charge >= 0.3 is 6.18 Å². The molecule has 1 aromatic rings. The number of aliphatic hydroxyl groups is 1. The minimum absolute atomic E-state index is 0. The summed E-state index contributed by atoms with van der Waals surface area (Å²) in [5.74, 6) is 1.31. The van der Waals surface area contributed by atoms with Crippen LogP contribution in [-0.4, -0.2) is 28.7 Å². The van der Waals surface area contributed by atoms with Crippen molar-refractivity contribution in [1.82, 2.24) is 0 Å².